The van der Waals surface area contributed by atoms with E-state index in [1.54, 1.807) is 4.52 Å². The maximum Gasteiger partial charge on any atom is 0.282 e. The third-order valence-corrected chi connectivity index (χ3v) is 3.69. The van der Waals surface area contributed by atoms with Gasteiger partial charge in [0.15, 0.2) is 5.82 Å². The van der Waals surface area contributed by atoms with Crippen molar-refractivity contribution < 1.29 is 4.79 Å². The van der Waals surface area contributed by atoms with E-state index in [1.807, 2.05) is 27.9 Å². The molecule has 0 fully saturated rings. The van der Waals surface area contributed by atoms with Crippen LogP contribution in [0.3, 0.4) is 0 Å². The highest BCUT2D eigenvalue weighted by Crippen LogP contribution is 2.18. The highest BCUT2D eigenvalue weighted by molar-refractivity contribution is 7.18. The number of nitrogens with one attached hydrogen (secondary N) is 1. The Bertz CT molecular complexity index is 588. The van der Waals surface area contributed by atoms with Crippen molar-refractivity contribution in [2.24, 2.45) is 0 Å². The van der Waals surface area contributed by atoms with Gasteiger partial charge < -0.3 is 10.2 Å². The topological polar surface area (TPSA) is 75.4 Å². The zero-order valence-corrected chi connectivity index (χ0v) is 13.1. The second-order valence-electron chi connectivity index (χ2n) is 5.23. The van der Waals surface area contributed by atoms with Crippen molar-refractivity contribution in [2.75, 3.05) is 27.2 Å². The molecule has 7 nitrogen and oxygen atoms in total. The first-order chi connectivity index (χ1) is 9.49. The number of fused-ring (bicyclic) bond motifs is 1. The van der Waals surface area contributed by atoms with Crippen molar-refractivity contribution in [1.82, 2.24) is 30.0 Å². The first-order valence-corrected chi connectivity index (χ1v) is 7.45. The fourth-order valence-electron chi connectivity index (χ4n) is 1.76. The fraction of sp³-hybridized carbons (Fsp3) is 0.667. The Kier molecular flexibility index (Phi) is 4.66. The number of carbonyl (C=O) groups excluding carboxylic acids is 1. The van der Waals surface area contributed by atoms with Crippen molar-refractivity contribution in [1.29, 1.82) is 0 Å². The molecule has 2 heterocycles. The van der Waals surface area contributed by atoms with E-state index in [0.717, 1.165) is 18.8 Å². The molecule has 2 aromatic heterocycles. The molecule has 0 saturated carbocycles. The SMILES string of the molecule is CC(C)c1nnc2sc(C(=O)NCCCN(C)C)nn12. The second-order valence-corrected chi connectivity index (χ2v) is 6.18. The Labute approximate surface area is 122 Å². The molecule has 0 aromatic carbocycles. The summed E-state index contributed by atoms with van der Waals surface area (Å²) >= 11 is 1.26. The second kappa shape index (κ2) is 6.27. The van der Waals surface area contributed by atoms with Gasteiger partial charge in [-0.1, -0.05) is 25.2 Å². The molecule has 0 spiro atoms. The average Bonchev–Trinajstić information content (AvgIpc) is 2.92. The molecule has 1 amide bonds. The maximum absolute atomic E-state index is 12.0. The van der Waals surface area contributed by atoms with Gasteiger partial charge in [-0.05, 0) is 27.1 Å². The largest absolute Gasteiger partial charge is 0.350 e. The van der Waals surface area contributed by atoms with Crippen LogP contribution >= 0.6 is 11.3 Å². The van der Waals surface area contributed by atoms with Gasteiger partial charge in [-0.3, -0.25) is 4.79 Å². The molecule has 0 atom stereocenters. The molecule has 8 heteroatoms. The highest BCUT2D eigenvalue weighted by Gasteiger charge is 2.17. The van der Waals surface area contributed by atoms with Crippen molar-refractivity contribution in [3.63, 3.8) is 0 Å². The predicted molar refractivity (Wildman–Crippen MR) is 78.3 cm³/mol. The summed E-state index contributed by atoms with van der Waals surface area (Å²) in [7, 11) is 4.02. The van der Waals surface area contributed by atoms with Crippen LogP contribution in [0.2, 0.25) is 0 Å². The van der Waals surface area contributed by atoms with Crippen LogP contribution in [-0.2, 0) is 0 Å². The lowest BCUT2D eigenvalue weighted by atomic mass is 10.2. The molecular formula is C12H20N6OS. The monoisotopic (exact) mass is 296 g/mol. The van der Waals surface area contributed by atoms with Gasteiger partial charge in [0.1, 0.15) is 0 Å². The van der Waals surface area contributed by atoms with Gasteiger partial charge >= 0.3 is 0 Å². The minimum Gasteiger partial charge on any atom is -0.350 e. The minimum atomic E-state index is -0.144. The third kappa shape index (κ3) is 3.31. The molecule has 0 saturated heterocycles. The molecule has 20 heavy (non-hydrogen) atoms. The normalized spacial score (nSPS) is 11.7. The van der Waals surface area contributed by atoms with Crippen LogP contribution in [0.4, 0.5) is 0 Å². The molecule has 1 N–H and O–H groups in total. The molecule has 0 aliphatic carbocycles. The zero-order valence-electron chi connectivity index (χ0n) is 12.3. The van der Waals surface area contributed by atoms with Crippen LogP contribution in [0.1, 0.15) is 41.8 Å². The number of hydrogen-bond donors (Lipinski definition) is 1. The van der Waals surface area contributed by atoms with E-state index < -0.39 is 0 Å². The smallest absolute Gasteiger partial charge is 0.282 e. The Balaban J connectivity index is 2.00. The van der Waals surface area contributed by atoms with Gasteiger partial charge in [-0.2, -0.15) is 4.52 Å². The van der Waals surface area contributed by atoms with Gasteiger partial charge in [0.05, 0.1) is 0 Å². The summed E-state index contributed by atoms with van der Waals surface area (Å²) in [5, 5.41) is 15.7. The van der Waals surface area contributed by atoms with Crippen molar-refractivity contribution in [2.45, 2.75) is 26.2 Å². The summed E-state index contributed by atoms with van der Waals surface area (Å²) in [6, 6.07) is 0. The maximum atomic E-state index is 12.0. The molecule has 110 valence electrons. The summed E-state index contributed by atoms with van der Waals surface area (Å²) in [6.45, 7) is 5.64. The molecule has 0 bridgehead atoms. The van der Waals surface area contributed by atoms with E-state index in [2.05, 4.69) is 25.5 Å². The van der Waals surface area contributed by atoms with Crippen molar-refractivity contribution >= 4 is 22.2 Å². The molecule has 0 unspecified atom stereocenters. The first-order valence-electron chi connectivity index (χ1n) is 6.64. The summed E-state index contributed by atoms with van der Waals surface area (Å²) in [5.41, 5.74) is 0. The van der Waals surface area contributed by atoms with E-state index in [1.165, 1.54) is 11.3 Å². The van der Waals surface area contributed by atoms with Crippen LogP contribution in [-0.4, -0.2) is 57.8 Å². The third-order valence-electron chi connectivity index (χ3n) is 2.79. The Morgan fingerprint density at radius 3 is 2.80 bits per heavy atom. The first kappa shape index (κ1) is 14.9. The molecule has 0 radical (unpaired) electrons. The number of carbonyl (C=O) groups is 1. The number of rotatable bonds is 6. The molecule has 2 aromatic rings. The Hall–Kier alpha value is -1.54. The fourth-order valence-corrected chi connectivity index (χ4v) is 2.52. The summed E-state index contributed by atoms with van der Waals surface area (Å²) in [5.74, 6) is 0.861. The van der Waals surface area contributed by atoms with E-state index in [9.17, 15) is 4.79 Å². The zero-order chi connectivity index (χ0) is 14.7. The quantitative estimate of drug-likeness (QED) is 0.805. The van der Waals surface area contributed by atoms with Crippen LogP contribution in [0.25, 0.3) is 4.96 Å². The van der Waals surface area contributed by atoms with Crippen LogP contribution < -0.4 is 5.32 Å². The van der Waals surface area contributed by atoms with Crippen LogP contribution in [0.15, 0.2) is 0 Å². The average molecular weight is 296 g/mol. The molecule has 2 rings (SSSR count). The van der Waals surface area contributed by atoms with Gasteiger partial charge in [0.2, 0.25) is 9.97 Å². The summed E-state index contributed by atoms with van der Waals surface area (Å²) in [6.07, 6.45) is 0.917. The Morgan fingerprint density at radius 2 is 2.15 bits per heavy atom. The van der Waals surface area contributed by atoms with Crippen molar-refractivity contribution in [3.05, 3.63) is 10.8 Å². The Morgan fingerprint density at radius 1 is 1.40 bits per heavy atom. The lowest BCUT2D eigenvalue weighted by Crippen LogP contribution is -2.27. The lowest BCUT2D eigenvalue weighted by molar-refractivity contribution is 0.0951. The molecule has 0 aliphatic heterocycles. The summed E-state index contributed by atoms with van der Waals surface area (Å²) in [4.78, 5) is 14.7. The van der Waals surface area contributed by atoms with Crippen LogP contribution in [0.5, 0.6) is 0 Å². The number of amides is 1. The number of aromatic nitrogens is 4. The standard InChI is InChI=1S/C12H20N6OS/c1-8(2)9-14-15-12-18(9)16-11(20-12)10(19)13-6-5-7-17(3)4/h8H,5-7H2,1-4H3,(H,13,19). The van der Waals surface area contributed by atoms with Gasteiger partial charge in [0, 0.05) is 12.5 Å². The molecular weight excluding hydrogens is 276 g/mol. The van der Waals surface area contributed by atoms with E-state index in [0.29, 0.717) is 16.5 Å². The predicted octanol–water partition coefficient (Wildman–Crippen LogP) is 0.991. The van der Waals surface area contributed by atoms with Gasteiger partial charge in [-0.25, -0.2) is 0 Å². The van der Waals surface area contributed by atoms with Gasteiger partial charge in [0.25, 0.3) is 5.91 Å². The minimum absolute atomic E-state index is 0.144. The van der Waals surface area contributed by atoms with Crippen molar-refractivity contribution in [3.8, 4) is 0 Å². The molecule has 0 aliphatic rings. The van der Waals surface area contributed by atoms with E-state index >= 15 is 0 Å². The number of hydrogen-bond acceptors (Lipinski definition) is 6. The van der Waals surface area contributed by atoms with E-state index in [-0.39, 0.29) is 11.8 Å². The lowest BCUT2D eigenvalue weighted by Gasteiger charge is -2.08. The number of nitrogens with zero attached hydrogens (tertiary/aromatic N) is 5. The highest BCUT2D eigenvalue weighted by atomic mass is 32.1. The van der Waals surface area contributed by atoms with E-state index in [4.69, 9.17) is 0 Å². The van der Waals surface area contributed by atoms with Crippen LogP contribution in [0, 0.1) is 0 Å². The van der Waals surface area contributed by atoms with Gasteiger partial charge in [-0.15, -0.1) is 15.3 Å². The summed E-state index contributed by atoms with van der Waals surface area (Å²) < 4.78 is 1.66.